The largest absolute Gasteiger partial charge is 0.369 e. The van der Waals surface area contributed by atoms with Crippen molar-refractivity contribution in [2.45, 2.75) is 13.0 Å². The average molecular weight is 369 g/mol. The molecular weight excluding hydrogens is 348 g/mol. The third-order valence-corrected chi connectivity index (χ3v) is 4.96. The molecule has 1 heterocycles. The number of halogens is 1. The number of para-hydroxylation sites is 1. The number of piperazine rings is 1. The molecule has 0 saturated carbocycles. The third kappa shape index (κ3) is 4.16. The van der Waals surface area contributed by atoms with E-state index in [0.717, 1.165) is 36.9 Å². The second kappa shape index (κ2) is 8.22. The van der Waals surface area contributed by atoms with Gasteiger partial charge in [0, 0.05) is 36.9 Å². The number of benzene rings is 2. The summed E-state index contributed by atoms with van der Waals surface area (Å²) >= 11 is 6.07. The monoisotopic (exact) mass is 368 g/mol. The number of carbonyl (C=O) groups is 1. The van der Waals surface area contributed by atoms with E-state index < -0.39 is 0 Å². The molecule has 1 saturated heterocycles. The van der Waals surface area contributed by atoms with Crippen LogP contribution in [0, 0.1) is 11.3 Å². The van der Waals surface area contributed by atoms with Gasteiger partial charge in [-0.1, -0.05) is 29.8 Å². The molecule has 1 fully saturated rings. The molecule has 0 bridgehead atoms. The predicted octanol–water partition coefficient (Wildman–Crippen LogP) is 3.36. The van der Waals surface area contributed by atoms with Gasteiger partial charge in [0.2, 0.25) is 5.91 Å². The first kappa shape index (κ1) is 18.2. The lowest BCUT2D eigenvalue weighted by Crippen LogP contribution is -2.52. The van der Waals surface area contributed by atoms with E-state index in [1.54, 1.807) is 18.2 Å². The highest BCUT2D eigenvalue weighted by Gasteiger charge is 2.26. The Kier molecular flexibility index (Phi) is 5.77. The van der Waals surface area contributed by atoms with Gasteiger partial charge < -0.3 is 10.2 Å². The van der Waals surface area contributed by atoms with Gasteiger partial charge in [0.05, 0.1) is 17.3 Å². The Morgan fingerprint density at radius 3 is 2.58 bits per heavy atom. The molecule has 2 aromatic carbocycles. The Morgan fingerprint density at radius 2 is 1.88 bits per heavy atom. The fraction of sp³-hybridized carbons (Fsp3) is 0.300. The van der Waals surface area contributed by atoms with E-state index >= 15 is 0 Å². The molecule has 0 aliphatic carbocycles. The molecule has 0 radical (unpaired) electrons. The second-order valence-corrected chi connectivity index (χ2v) is 6.76. The van der Waals surface area contributed by atoms with Crippen LogP contribution in [0.4, 0.5) is 11.4 Å². The molecule has 6 heteroatoms. The van der Waals surface area contributed by atoms with E-state index in [9.17, 15) is 4.79 Å². The number of hydrogen-bond acceptors (Lipinski definition) is 4. The zero-order valence-electron chi connectivity index (χ0n) is 14.7. The Bertz CT molecular complexity index is 825. The van der Waals surface area contributed by atoms with Crippen molar-refractivity contribution in [3.8, 4) is 6.07 Å². The fourth-order valence-corrected chi connectivity index (χ4v) is 3.32. The summed E-state index contributed by atoms with van der Waals surface area (Å²) in [6.45, 7) is 5.17. The van der Waals surface area contributed by atoms with Crippen LogP contribution in [0.5, 0.6) is 0 Å². The second-order valence-electron chi connectivity index (χ2n) is 6.33. The summed E-state index contributed by atoms with van der Waals surface area (Å²) in [5.41, 5.74) is 2.14. The molecule has 0 aromatic heterocycles. The molecular formula is C20H21ClN4O. The summed E-state index contributed by atoms with van der Waals surface area (Å²) in [6, 6.07) is 16.7. The van der Waals surface area contributed by atoms with Crippen LogP contribution in [0.15, 0.2) is 48.5 Å². The molecule has 1 aliphatic heterocycles. The Hall–Kier alpha value is -2.55. The van der Waals surface area contributed by atoms with Crippen LogP contribution in [-0.2, 0) is 4.79 Å². The summed E-state index contributed by atoms with van der Waals surface area (Å²) < 4.78 is 0. The minimum Gasteiger partial charge on any atom is -0.369 e. The Morgan fingerprint density at radius 1 is 1.15 bits per heavy atom. The van der Waals surface area contributed by atoms with E-state index in [1.165, 1.54) is 0 Å². The van der Waals surface area contributed by atoms with Crippen LogP contribution < -0.4 is 10.2 Å². The number of nitrogens with zero attached hydrogens (tertiary/aromatic N) is 3. The summed E-state index contributed by atoms with van der Waals surface area (Å²) in [4.78, 5) is 17.0. The smallest absolute Gasteiger partial charge is 0.241 e. The molecule has 1 atom stereocenters. The average Bonchev–Trinajstić information content (AvgIpc) is 2.68. The van der Waals surface area contributed by atoms with Crippen molar-refractivity contribution >= 4 is 28.9 Å². The van der Waals surface area contributed by atoms with Crippen molar-refractivity contribution in [1.82, 2.24) is 4.90 Å². The SMILES string of the molecule is C[C@@H](C(=O)Nc1ccccc1C#N)N1CCN(c2cccc(Cl)c2)CC1. The zero-order valence-corrected chi connectivity index (χ0v) is 15.4. The normalized spacial score (nSPS) is 16.0. The molecule has 5 nitrogen and oxygen atoms in total. The molecule has 1 amide bonds. The van der Waals surface area contributed by atoms with Crippen LogP contribution in [0.25, 0.3) is 0 Å². The van der Waals surface area contributed by atoms with E-state index in [-0.39, 0.29) is 11.9 Å². The Balaban J connectivity index is 1.58. The summed E-state index contributed by atoms with van der Waals surface area (Å²) in [7, 11) is 0. The molecule has 26 heavy (non-hydrogen) atoms. The highest BCUT2D eigenvalue weighted by Crippen LogP contribution is 2.21. The molecule has 3 rings (SSSR count). The number of hydrogen-bond donors (Lipinski definition) is 1. The first-order valence-corrected chi connectivity index (χ1v) is 9.01. The van der Waals surface area contributed by atoms with Gasteiger partial charge in [-0.15, -0.1) is 0 Å². The van der Waals surface area contributed by atoms with Gasteiger partial charge in [0.1, 0.15) is 6.07 Å². The fourth-order valence-electron chi connectivity index (χ4n) is 3.13. The number of carbonyl (C=O) groups excluding carboxylic acids is 1. The minimum atomic E-state index is -0.261. The molecule has 0 unspecified atom stereocenters. The van der Waals surface area contributed by atoms with Gasteiger partial charge in [-0.05, 0) is 37.3 Å². The standard InChI is InChI=1S/C20H21ClN4O/c1-15(20(26)23-19-8-3-2-5-16(19)14-22)24-9-11-25(12-10-24)18-7-4-6-17(21)13-18/h2-8,13,15H,9-12H2,1H3,(H,23,26)/t15-/m0/s1. The molecule has 0 spiro atoms. The van der Waals surface area contributed by atoms with Crippen LogP contribution in [0.2, 0.25) is 5.02 Å². The molecule has 2 aromatic rings. The van der Waals surface area contributed by atoms with Gasteiger partial charge in [-0.2, -0.15) is 5.26 Å². The lowest BCUT2D eigenvalue weighted by Gasteiger charge is -2.38. The van der Waals surface area contributed by atoms with E-state index in [1.807, 2.05) is 31.2 Å². The van der Waals surface area contributed by atoms with Crippen LogP contribution in [0.3, 0.4) is 0 Å². The van der Waals surface area contributed by atoms with Gasteiger partial charge >= 0.3 is 0 Å². The first-order valence-electron chi connectivity index (χ1n) is 8.63. The van der Waals surface area contributed by atoms with Crippen molar-refractivity contribution in [1.29, 1.82) is 5.26 Å². The number of nitrogens with one attached hydrogen (secondary N) is 1. The van der Waals surface area contributed by atoms with Crippen molar-refractivity contribution in [3.05, 3.63) is 59.1 Å². The van der Waals surface area contributed by atoms with E-state index in [2.05, 4.69) is 27.3 Å². The Labute approximate surface area is 158 Å². The number of amides is 1. The van der Waals surface area contributed by atoms with Gasteiger partial charge in [0.25, 0.3) is 0 Å². The highest BCUT2D eigenvalue weighted by molar-refractivity contribution is 6.30. The summed E-state index contributed by atoms with van der Waals surface area (Å²) in [6.07, 6.45) is 0. The van der Waals surface area contributed by atoms with Crippen molar-refractivity contribution in [3.63, 3.8) is 0 Å². The molecule has 1 N–H and O–H groups in total. The van der Waals surface area contributed by atoms with Crippen LogP contribution >= 0.6 is 11.6 Å². The number of nitriles is 1. The van der Waals surface area contributed by atoms with E-state index in [4.69, 9.17) is 16.9 Å². The van der Waals surface area contributed by atoms with E-state index in [0.29, 0.717) is 11.3 Å². The topological polar surface area (TPSA) is 59.4 Å². The van der Waals surface area contributed by atoms with Crippen molar-refractivity contribution in [2.24, 2.45) is 0 Å². The van der Waals surface area contributed by atoms with Gasteiger partial charge in [-0.25, -0.2) is 0 Å². The lowest BCUT2D eigenvalue weighted by atomic mass is 10.1. The van der Waals surface area contributed by atoms with Crippen molar-refractivity contribution in [2.75, 3.05) is 36.4 Å². The van der Waals surface area contributed by atoms with Crippen molar-refractivity contribution < 1.29 is 4.79 Å². The summed E-state index contributed by atoms with van der Waals surface area (Å²) in [5.74, 6) is -0.0936. The lowest BCUT2D eigenvalue weighted by molar-refractivity contribution is -0.120. The zero-order chi connectivity index (χ0) is 18.5. The molecule has 1 aliphatic rings. The van der Waals surface area contributed by atoms with Gasteiger partial charge in [-0.3, -0.25) is 9.69 Å². The number of anilines is 2. The highest BCUT2D eigenvalue weighted by atomic mass is 35.5. The third-order valence-electron chi connectivity index (χ3n) is 4.72. The summed E-state index contributed by atoms with van der Waals surface area (Å²) in [5, 5.41) is 12.8. The molecule has 134 valence electrons. The minimum absolute atomic E-state index is 0.0936. The maximum atomic E-state index is 12.6. The quantitative estimate of drug-likeness (QED) is 0.898. The maximum Gasteiger partial charge on any atom is 0.241 e. The van der Waals surface area contributed by atoms with Gasteiger partial charge in [0.15, 0.2) is 0 Å². The van der Waals surface area contributed by atoms with Crippen LogP contribution in [-0.4, -0.2) is 43.0 Å². The first-order chi connectivity index (χ1) is 12.6. The predicted molar refractivity (Wildman–Crippen MR) is 104 cm³/mol. The van der Waals surface area contributed by atoms with Crippen LogP contribution in [0.1, 0.15) is 12.5 Å². The maximum absolute atomic E-state index is 12.6. The number of rotatable bonds is 4.